The Balaban J connectivity index is 1.80. The van der Waals surface area contributed by atoms with E-state index in [0.717, 1.165) is 49.8 Å². The Labute approximate surface area is 195 Å². The zero-order valence-electron chi connectivity index (χ0n) is 17.6. The van der Waals surface area contributed by atoms with E-state index in [4.69, 9.17) is 17.0 Å². The lowest BCUT2D eigenvalue weighted by molar-refractivity contribution is -0.118. The molecule has 0 fully saturated rings. The summed E-state index contributed by atoms with van der Waals surface area (Å²) in [4.78, 5) is 12.6. The number of fused-ring (bicyclic) bond motifs is 1. The monoisotopic (exact) mass is 504 g/mol. The van der Waals surface area contributed by atoms with Crippen molar-refractivity contribution in [3.05, 3.63) is 48.2 Å². The Kier molecular flexibility index (Phi) is 7.33. The molecule has 0 saturated heterocycles. The summed E-state index contributed by atoms with van der Waals surface area (Å²) in [5, 5.41) is 13.1. The molecule has 0 saturated carbocycles. The molecule has 1 heterocycles. The molecule has 1 aromatic heterocycles. The van der Waals surface area contributed by atoms with Gasteiger partial charge in [0, 0.05) is 4.47 Å². The summed E-state index contributed by atoms with van der Waals surface area (Å²) < 4.78 is 7.64. The second-order valence-corrected chi connectivity index (χ2v) is 10.7. The standard InChI is InChI=1S/C23H25BrN2O2S2/c1-12(2)16-9-19(24)14(4)8-20(16)28-11-21(27)26-22-18(10-25)15-6-5-13(3)7-17(15)23(29)30-22/h8-9,12-13H,5-7,11H2,1-4H3,(H,26,27). The lowest BCUT2D eigenvalue weighted by Crippen LogP contribution is -2.22. The molecule has 1 aliphatic carbocycles. The maximum absolute atomic E-state index is 12.6. The number of hydrogen-bond acceptors (Lipinski definition) is 5. The molecule has 1 amide bonds. The van der Waals surface area contributed by atoms with Crippen LogP contribution in [0.3, 0.4) is 0 Å². The minimum absolute atomic E-state index is 0.126. The predicted octanol–water partition coefficient (Wildman–Crippen LogP) is 6.69. The molecule has 0 bridgehead atoms. The SMILES string of the molecule is Cc1cc(OCC(=O)Nc2sc(=S)c3c(c2C#N)CCC(C)C3)c(C(C)C)cc1Br. The van der Waals surface area contributed by atoms with Crippen molar-refractivity contribution in [2.75, 3.05) is 11.9 Å². The number of carbonyl (C=O) groups excluding carboxylic acids is 1. The van der Waals surface area contributed by atoms with Crippen LogP contribution in [0.2, 0.25) is 0 Å². The molecule has 158 valence electrons. The molecule has 1 atom stereocenters. The van der Waals surface area contributed by atoms with Gasteiger partial charge in [0.2, 0.25) is 0 Å². The molecule has 30 heavy (non-hydrogen) atoms. The number of rotatable bonds is 5. The number of nitrogens with one attached hydrogen (secondary N) is 1. The lowest BCUT2D eigenvalue weighted by atomic mass is 9.85. The first kappa shape index (κ1) is 22.9. The van der Waals surface area contributed by atoms with Crippen LogP contribution in [0, 0.1) is 28.0 Å². The minimum Gasteiger partial charge on any atom is -0.483 e. The molecule has 0 spiro atoms. The van der Waals surface area contributed by atoms with Gasteiger partial charge in [0.05, 0.1) is 9.39 Å². The highest BCUT2D eigenvalue weighted by Gasteiger charge is 2.23. The van der Waals surface area contributed by atoms with E-state index in [9.17, 15) is 10.1 Å². The number of anilines is 1. The van der Waals surface area contributed by atoms with Crippen molar-refractivity contribution >= 4 is 50.4 Å². The van der Waals surface area contributed by atoms with Crippen molar-refractivity contribution in [1.82, 2.24) is 0 Å². The zero-order valence-corrected chi connectivity index (χ0v) is 20.8. The summed E-state index contributed by atoms with van der Waals surface area (Å²) in [6.45, 7) is 8.24. The van der Waals surface area contributed by atoms with Crippen molar-refractivity contribution in [3.8, 4) is 11.8 Å². The fraction of sp³-hybridized carbons (Fsp3) is 0.435. The fourth-order valence-corrected chi connectivity index (χ4v) is 5.47. The molecule has 2 aromatic rings. The van der Waals surface area contributed by atoms with Gasteiger partial charge in [-0.05, 0) is 72.4 Å². The van der Waals surface area contributed by atoms with E-state index in [1.165, 1.54) is 11.3 Å². The Morgan fingerprint density at radius 3 is 2.83 bits per heavy atom. The molecule has 1 unspecified atom stereocenters. The predicted molar refractivity (Wildman–Crippen MR) is 128 cm³/mol. The van der Waals surface area contributed by atoms with Gasteiger partial charge in [-0.2, -0.15) is 5.26 Å². The summed E-state index contributed by atoms with van der Waals surface area (Å²) in [7, 11) is 0. The summed E-state index contributed by atoms with van der Waals surface area (Å²) >= 11 is 10.4. The fourth-order valence-electron chi connectivity index (χ4n) is 3.70. The van der Waals surface area contributed by atoms with E-state index in [1.54, 1.807) is 0 Å². The van der Waals surface area contributed by atoms with Gasteiger partial charge in [0.25, 0.3) is 5.91 Å². The van der Waals surface area contributed by atoms with Gasteiger partial charge in [-0.3, -0.25) is 4.79 Å². The van der Waals surface area contributed by atoms with Crippen LogP contribution >= 0.6 is 39.5 Å². The van der Waals surface area contributed by atoms with Crippen LogP contribution in [0.25, 0.3) is 0 Å². The third-order valence-corrected chi connectivity index (χ3v) is 7.70. The second-order valence-electron chi connectivity index (χ2n) is 8.14. The molecule has 0 aliphatic heterocycles. The summed E-state index contributed by atoms with van der Waals surface area (Å²) in [6.07, 6.45) is 2.76. The zero-order chi connectivity index (χ0) is 22.0. The van der Waals surface area contributed by atoms with Gasteiger partial charge in [-0.1, -0.05) is 48.9 Å². The van der Waals surface area contributed by atoms with Crippen LogP contribution in [0.5, 0.6) is 5.75 Å². The highest BCUT2D eigenvalue weighted by Crippen LogP contribution is 2.36. The smallest absolute Gasteiger partial charge is 0.262 e. The third kappa shape index (κ3) is 4.93. The largest absolute Gasteiger partial charge is 0.483 e. The number of carbonyl (C=O) groups is 1. The second kappa shape index (κ2) is 9.59. The van der Waals surface area contributed by atoms with Crippen molar-refractivity contribution < 1.29 is 9.53 Å². The van der Waals surface area contributed by atoms with Crippen molar-refractivity contribution in [1.29, 1.82) is 5.26 Å². The number of ether oxygens (including phenoxy) is 1. The normalized spacial score (nSPS) is 15.4. The Morgan fingerprint density at radius 1 is 1.43 bits per heavy atom. The molecular formula is C23H25BrN2O2S2. The number of amides is 1. The molecule has 4 nitrogen and oxygen atoms in total. The first-order chi connectivity index (χ1) is 14.2. The number of aryl methyl sites for hydroxylation is 1. The Morgan fingerprint density at radius 2 is 2.17 bits per heavy atom. The number of benzene rings is 1. The molecule has 1 N–H and O–H groups in total. The molecule has 7 heteroatoms. The number of nitriles is 1. The molecule has 3 rings (SSSR count). The third-order valence-electron chi connectivity index (χ3n) is 5.41. The van der Waals surface area contributed by atoms with Gasteiger partial charge in [0.1, 0.15) is 16.8 Å². The minimum atomic E-state index is -0.295. The number of hydrogen-bond donors (Lipinski definition) is 1. The number of nitrogens with zero attached hydrogens (tertiary/aromatic N) is 1. The van der Waals surface area contributed by atoms with Crippen LogP contribution in [-0.4, -0.2) is 12.5 Å². The Hall–Kier alpha value is -1.75. The maximum Gasteiger partial charge on any atom is 0.262 e. The molecule has 1 aliphatic rings. The summed E-state index contributed by atoms with van der Waals surface area (Å²) in [6, 6.07) is 6.27. The summed E-state index contributed by atoms with van der Waals surface area (Å²) in [5.74, 6) is 1.24. The van der Waals surface area contributed by atoms with Crippen LogP contribution in [0.15, 0.2) is 16.6 Å². The van der Waals surface area contributed by atoms with E-state index >= 15 is 0 Å². The summed E-state index contributed by atoms with van der Waals surface area (Å²) in [5.41, 5.74) is 4.74. The van der Waals surface area contributed by atoms with Gasteiger partial charge >= 0.3 is 0 Å². The first-order valence-corrected chi connectivity index (χ1v) is 12.0. The van der Waals surface area contributed by atoms with Crippen LogP contribution in [0.4, 0.5) is 5.00 Å². The van der Waals surface area contributed by atoms with Gasteiger partial charge in [0.15, 0.2) is 6.61 Å². The van der Waals surface area contributed by atoms with Crippen molar-refractivity contribution in [2.45, 2.75) is 52.9 Å². The number of halogens is 1. The highest BCUT2D eigenvalue weighted by molar-refractivity contribution is 9.10. The van der Waals surface area contributed by atoms with E-state index in [0.29, 0.717) is 22.2 Å². The molecular weight excluding hydrogens is 480 g/mol. The van der Waals surface area contributed by atoms with Crippen LogP contribution in [0.1, 0.15) is 60.9 Å². The Bertz CT molecular complexity index is 1090. The van der Waals surface area contributed by atoms with Crippen molar-refractivity contribution in [2.24, 2.45) is 5.92 Å². The quantitative estimate of drug-likeness (QED) is 0.460. The van der Waals surface area contributed by atoms with Gasteiger partial charge in [-0.15, -0.1) is 11.3 Å². The van der Waals surface area contributed by atoms with Gasteiger partial charge in [-0.25, -0.2) is 0 Å². The maximum atomic E-state index is 12.6. The van der Waals surface area contributed by atoms with E-state index in [2.05, 4.69) is 48.1 Å². The van der Waals surface area contributed by atoms with Crippen molar-refractivity contribution in [3.63, 3.8) is 0 Å². The molecule has 1 aromatic carbocycles. The van der Waals surface area contributed by atoms with Gasteiger partial charge < -0.3 is 10.1 Å². The van der Waals surface area contributed by atoms with E-state index < -0.39 is 0 Å². The first-order valence-electron chi connectivity index (χ1n) is 10.0. The van der Waals surface area contributed by atoms with Crippen LogP contribution in [-0.2, 0) is 17.6 Å². The topological polar surface area (TPSA) is 62.1 Å². The average Bonchev–Trinajstić information content (AvgIpc) is 2.69. The van der Waals surface area contributed by atoms with E-state index in [1.807, 2.05) is 19.1 Å². The molecule has 0 radical (unpaired) electrons. The van der Waals surface area contributed by atoms with Crippen LogP contribution < -0.4 is 10.1 Å². The van der Waals surface area contributed by atoms with E-state index in [-0.39, 0.29) is 18.4 Å². The lowest BCUT2D eigenvalue weighted by Gasteiger charge is -2.23. The highest BCUT2D eigenvalue weighted by atomic mass is 79.9. The average molecular weight is 506 g/mol.